The summed E-state index contributed by atoms with van der Waals surface area (Å²) in [5, 5.41) is 0. The Morgan fingerprint density at radius 1 is 0.824 bits per heavy atom. The second-order valence-corrected chi connectivity index (χ2v) is 3.40. The minimum absolute atomic E-state index is 0. The second-order valence-electron chi connectivity index (χ2n) is 3.40. The van der Waals surface area contributed by atoms with E-state index in [-0.39, 0.29) is 98.1 Å². The first-order valence-electron chi connectivity index (χ1n) is 4.53. The third-order valence-corrected chi connectivity index (χ3v) is 2.62. The van der Waals surface area contributed by atoms with Gasteiger partial charge in [0.2, 0.25) is 0 Å². The predicted octanol–water partition coefficient (Wildman–Crippen LogP) is -5.93. The average molecular weight is 637 g/mol. The number of benzene rings is 2. The molecule has 86 valence electrons. The van der Waals surface area contributed by atoms with Gasteiger partial charge in [-0.2, -0.15) is 29.8 Å². The zero-order valence-electron chi connectivity index (χ0n) is 8.88. The molecule has 0 saturated carbocycles. The summed E-state index contributed by atoms with van der Waals surface area (Å²) in [7, 11) is 0. The maximum Gasteiger partial charge on any atom is 4.00 e. The molecule has 0 fully saturated rings. The molecule has 3 rings (SSSR count). The molecule has 0 N–H and O–H groups in total. The number of hydrogen-bond acceptors (Lipinski definition) is 0. The van der Waals surface area contributed by atoms with E-state index in [0.717, 1.165) is 6.42 Å². The smallest absolute Gasteiger partial charge is 1.00 e. The van der Waals surface area contributed by atoms with Crippen LogP contribution in [0.5, 0.6) is 0 Å². The first-order chi connectivity index (χ1) is 6.45. The fourth-order valence-electron chi connectivity index (χ4n) is 2.00. The quantitative estimate of drug-likeness (QED) is 0.171. The van der Waals surface area contributed by atoms with Gasteiger partial charge in [0.05, 0.1) is 0 Å². The maximum absolute atomic E-state index is 3.30. The van der Waals surface area contributed by atoms with E-state index in [1.807, 2.05) is 6.07 Å². The molecule has 0 atom stereocenters. The van der Waals surface area contributed by atoms with Gasteiger partial charge in [0, 0.05) is 0 Å². The molecule has 2 aromatic rings. The molecular weight excluding hydrogens is 628 g/mol. The van der Waals surface area contributed by atoms with Crippen LogP contribution >= 0.6 is 0 Å². The topological polar surface area (TPSA) is 0 Å². The van der Waals surface area contributed by atoms with Crippen LogP contribution in [0.2, 0.25) is 0 Å². The average Bonchev–Trinajstić information content (AvgIpc) is 2.56. The van der Waals surface area contributed by atoms with Crippen molar-refractivity contribution >= 4 is 0 Å². The van der Waals surface area contributed by atoms with Crippen molar-refractivity contribution in [3.05, 3.63) is 59.7 Å². The van der Waals surface area contributed by atoms with Crippen LogP contribution in [-0.4, -0.2) is 0 Å². The van der Waals surface area contributed by atoms with Crippen LogP contribution < -0.4 is 71.9 Å². The zero-order valence-corrected chi connectivity index (χ0v) is 17.8. The Labute approximate surface area is 173 Å². The molecule has 1 aliphatic carbocycles. The Morgan fingerprint density at radius 2 is 1.47 bits per heavy atom. The zero-order chi connectivity index (χ0) is 8.67. The van der Waals surface area contributed by atoms with Gasteiger partial charge in [0.15, 0.2) is 0 Å². The fraction of sp³-hybridized carbons (Fsp3) is 0.0769. The SMILES string of the molecule is [I-].[I-].[I-].[Zr+4].[c-]1cccc2c1Cc1ccccc1-2. The molecular formula is C13H9I3Zr. The summed E-state index contributed by atoms with van der Waals surface area (Å²) in [6.07, 6.45) is 1.05. The Balaban J connectivity index is 0. The molecule has 0 spiro atoms. The standard InChI is InChI=1S/C13H9.3HI.Zr/c1-3-7-12-10(5-1)9-11-6-2-4-8-13(11)12;;;;/h1-5,7-8H,9H2;3*1H;/q-1;;;;+4/p-3. The normalized spacial score (nSPS) is 9.41. The summed E-state index contributed by atoms with van der Waals surface area (Å²) in [6, 6.07) is 18.1. The third-order valence-electron chi connectivity index (χ3n) is 2.62. The van der Waals surface area contributed by atoms with Crippen molar-refractivity contribution in [3.63, 3.8) is 0 Å². The fourth-order valence-corrected chi connectivity index (χ4v) is 2.00. The van der Waals surface area contributed by atoms with Crippen molar-refractivity contribution in [2.75, 3.05) is 0 Å². The van der Waals surface area contributed by atoms with E-state index in [9.17, 15) is 0 Å². The van der Waals surface area contributed by atoms with Crippen molar-refractivity contribution in [2.45, 2.75) is 6.42 Å². The molecule has 2 aromatic carbocycles. The summed E-state index contributed by atoms with van der Waals surface area (Å²) in [6.45, 7) is 0. The van der Waals surface area contributed by atoms with E-state index in [2.05, 4.69) is 42.5 Å². The van der Waals surface area contributed by atoms with Crippen molar-refractivity contribution in [3.8, 4) is 11.1 Å². The Kier molecular flexibility index (Phi) is 11.5. The largest absolute Gasteiger partial charge is 4.00 e. The van der Waals surface area contributed by atoms with Gasteiger partial charge in [0.25, 0.3) is 0 Å². The number of fused-ring (bicyclic) bond motifs is 3. The summed E-state index contributed by atoms with van der Waals surface area (Å²) in [5.41, 5.74) is 5.51. The van der Waals surface area contributed by atoms with Gasteiger partial charge in [-0.15, -0.1) is 5.56 Å². The molecule has 0 heterocycles. The van der Waals surface area contributed by atoms with E-state index in [1.165, 1.54) is 22.3 Å². The van der Waals surface area contributed by atoms with Crippen LogP contribution in [-0.2, 0) is 32.6 Å². The van der Waals surface area contributed by atoms with Crippen molar-refractivity contribution in [1.29, 1.82) is 0 Å². The van der Waals surface area contributed by atoms with Crippen molar-refractivity contribution in [2.24, 2.45) is 0 Å². The van der Waals surface area contributed by atoms with E-state index >= 15 is 0 Å². The van der Waals surface area contributed by atoms with Crippen LogP contribution in [0.25, 0.3) is 11.1 Å². The molecule has 0 unspecified atom stereocenters. The Bertz CT molecular complexity index is 428. The Hall–Kier alpha value is 1.51. The van der Waals surface area contributed by atoms with Gasteiger partial charge in [-0.1, -0.05) is 35.4 Å². The predicted molar refractivity (Wildman–Crippen MR) is 53.5 cm³/mol. The Morgan fingerprint density at radius 3 is 2.24 bits per heavy atom. The van der Waals surface area contributed by atoms with Crippen LogP contribution in [0.1, 0.15) is 11.1 Å². The summed E-state index contributed by atoms with van der Waals surface area (Å²) < 4.78 is 0. The van der Waals surface area contributed by atoms with Crippen molar-refractivity contribution < 1.29 is 98.1 Å². The molecule has 1 aliphatic rings. The molecule has 0 amide bonds. The van der Waals surface area contributed by atoms with Crippen LogP contribution in [0, 0.1) is 6.07 Å². The van der Waals surface area contributed by atoms with Crippen LogP contribution in [0.3, 0.4) is 0 Å². The molecule has 0 bridgehead atoms. The van der Waals surface area contributed by atoms with E-state index in [0.29, 0.717) is 0 Å². The number of halogens is 3. The van der Waals surface area contributed by atoms with Crippen LogP contribution in [0.4, 0.5) is 0 Å². The van der Waals surface area contributed by atoms with Gasteiger partial charge in [-0.3, -0.25) is 0 Å². The molecule has 0 radical (unpaired) electrons. The van der Waals surface area contributed by atoms with Gasteiger partial charge in [0.1, 0.15) is 0 Å². The second kappa shape index (κ2) is 9.42. The molecule has 0 saturated heterocycles. The monoisotopic (exact) mass is 636 g/mol. The molecule has 0 nitrogen and oxygen atoms in total. The summed E-state index contributed by atoms with van der Waals surface area (Å²) >= 11 is 0. The minimum Gasteiger partial charge on any atom is -1.00 e. The van der Waals surface area contributed by atoms with Crippen molar-refractivity contribution in [1.82, 2.24) is 0 Å². The maximum atomic E-state index is 3.30. The first-order valence-corrected chi connectivity index (χ1v) is 4.53. The van der Waals surface area contributed by atoms with Crippen LogP contribution in [0.15, 0.2) is 42.5 Å². The summed E-state index contributed by atoms with van der Waals surface area (Å²) in [4.78, 5) is 0. The van der Waals surface area contributed by atoms with Gasteiger partial charge >= 0.3 is 26.2 Å². The number of hydrogen-bond donors (Lipinski definition) is 0. The van der Waals surface area contributed by atoms with Gasteiger partial charge in [-0.25, -0.2) is 0 Å². The molecule has 4 heteroatoms. The number of rotatable bonds is 0. The first kappa shape index (κ1) is 20.8. The van der Waals surface area contributed by atoms with E-state index < -0.39 is 0 Å². The van der Waals surface area contributed by atoms with Gasteiger partial charge in [-0.05, 0) is 6.42 Å². The summed E-state index contributed by atoms with van der Waals surface area (Å²) in [5.74, 6) is 0. The van der Waals surface area contributed by atoms with E-state index in [4.69, 9.17) is 0 Å². The third kappa shape index (κ3) is 4.24. The van der Waals surface area contributed by atoms with Gasteiger partial charge < -0.3 is 71.9 Å². The molecule has 17 heavy (non-hydrogen) atoms. The minimum atomic E-state index is 0. The molecule has 0 aliphatic heterocycles. The molecule has 0 aromatic heterocycles. The van der Waals surface area contributed by atoms with E-state index in [1.54, 1.807) is 0 Å².